The van der Waals surface area contributed by atoms with Crippen LogP contribution in [-0.4, -0.2) is 47.5 Å². The normalized spacial score (nSPS) is 16.9. The molecule has 0 spiro atoms. The molecule has 2 unspecified atom stereocenters. The number of nitrogens with one attached hydrogen (secondary N) is 1. The summed E-state index contributed by atoms with van der Waals surface area (Å²) in [6.45, 7) is 0. The summed E-state index contributed by atoms with van der Waals surface area (Å²) in [7, 11) is 6.41. The molecular weight excluding hydrogens is 472 g/mol. The van der Waals surface area contributed by atoms with Gasteiger partial charge in [-0.15, -0.1) is 0 Å². The van der Waals surface area contributed by atoms with E-state index in [1.807, 2.05) is 54.2 Å². The second kappa shape index (κ2) is 9.42. The number of anilines is 1. The average molecular weight is 500 g/mol. The number of carbonyl (C=O) groups excluding carboxylic acids is 2. The number of methoxy groups -OCH3 is 1. The van der Waals surface area contributed by atoms with Crippen molar-refractivity contribution in [3.05, 3.63) is 94.5 Å². The number of rotatable bonds is 6. The van der Waals surface area contributed by atoms with Gasteiger partial charge in [-0.2, -0.15) is 0 Å². The second-order valence-electron chi connectivity index (χ2n) is 8.95. The van der Waals surface area contributed by atoms with Gasteiger partial charge in [-0.1, -0.05) is 36.4 Å². The summed E-state index contributed by atoms with van der Waals surface area (Å²) >= 11 is 0. The Kier molecular flexibility index (Phi) is 6.12. The first-order chi connectivity index (χ1) is 17.8. The lowest BCUT2D eigenvalue weighted by atomic mass is 9.79. The molecular formula is C28H27N4O5+. The van der Waals surface area contributed by atoms with E-state index in [-0.39, 0.29) is 17.5 Å². The first-order valence-electron chi connectivity index (χ1n) is 11.8. The number of hydrogen-bond donors (Lipinski definition) is 1. The fraction of sp³-hybridized carbons (Fsp3) is 0.214. The Balaban J connectivity index is 1.65. The van der Waals surface area contributed by atoms with Crippen molar-refractivity contribution < 1.29 is 24.1 Å². The van der Waals surface area contributed by atoms with Gasteiger partial charge in [0.15, 0.2) is 7.11 Å². The zero-order valence-electron chi connectivity index (χ0n) is 21.0. The Morgan fingerprint density at radius 2 is 1.70 bits per heavy atom. The lowest BCUT2D eigenvalue weighted by Gasteiger charge is -2.39. The SMILES string of the molecule is COc1ccc([N+](=O)OC)cc1NC(=O)C1c2ccccc2C(=O)N(C)C1c1cn(C)c2ccccc12. The minimum atomic E-state index is -0.733. The van der Waals surface area contributed by atoms with E-state index in [1.165, 1.54) is 26.4 Å². The third kappa shape index (κ3) is 3.98. The Bertz CT molecular complexity index is 1540. The van der Waals surface area contributed by atoms with E-state index >= 15 is 0 Å². The Morgan fingerprint density at radius 1 is 0.973 bits per heavy atom. The van der Waals surface area contributed by atoms with Crippen LogP contribution in [-0.2, 0) is 16.7 Å². The molecule has 9 heteroatoms. The van der Waals surface area contributed by atoms with Crippen LogP contribution in [0.2, 0.25) is 0 Å². The summed E-state index contributed by atoms with van der Waals surface area (Å²) in [4.78, 5) is 46.3. The number of aromatic nitrogens is 1. The number of likely N-dealkylation sites (N-methyl/N-ethyl adjacent to an activating group) is 1. The highest BCUT2D eigenvalue weighted by Gasteiger charge is 2.44. The predicted octanol–water partition coefficient (Wildman–Crippen LogP) is 4.71. The molecule has 0 radical (unpaired) electrons. The van der Waals surface area contributed by atoms with Crippen LogP contribution in [0.5, 0.6) is 5.75 Å². The van der Waals surface area contributed by atoms with Crippen molar-refractivity contribution in [2.75, 3.05) is 26.6 Å². The van der Waals surface area contributed by atoms with Crippen molar-refractivity contribution in [2.45, 2.75) is 12.0 Å². The Labute approximate surface area is 213 Å². The third-order valence-electron chi connectivity index (χ3n) is 6.93. The van der Waals surface area contributed by atoms with E-state index in [0.717, 1.165) is 16.5 Å². The van der Waals surface area contributed by atoms with Crippen LogP contribution >= 0.6 is 0 Å². The van der Waals surface area contributed by atoms with Crippen LogP contribution < -0.4 is 10.1 Å². The number of aryl methyl sites for hydroxylation is 1. The molecule has 1 aliphatic rings. The molecule has 0 saturated carbocycles. The highest BCUT2D eigenvalue weighted by molar-refractivity contribution is 6.05. The Hall–Kier alpha value is -4.66. The number of hydrogen-bond acceptors (Lipinski definition) is 5. The number of fused-ring (bicyclic) bond motifs is 2. The third-order valence-corrected chi connectivity index (χ3v) is 6.93. The van der Waals surface area contributed by atoms with Crippen LogP contribution in [0.1, 0.15) is 33.4 Å². The lowest BCUT2D eigenvalue weighted by Crippen LogP contribution is -2.44. The van der Waals surface area contributed by atoms with Crippen molar-refractivity contribution in [3.63, 3.8) is 0 Å². The van der Waals surface area contributed by atoms with Crippen LogP contribution in [0.3, 0.4) is 0 Å². The number of carbonyl (C=O) groups is 2. The topological polar surface area (TPSA) is 92.9 Å². The smallest absolute Gasteiger partial charge is 0.319 e. The molecule has 188 valence electrons. The minimum Gasteiger partial charge on any atom is -0.495 e. The highest BCUT2D eigenvalue weighted by atomic mass is 16.8. The predicted molar refractivity (Wildman–Crippen MR) is 139 cm³/mol. The lowest BCUT2D eigenvalue weighted by molar-refractivity contribution is -0.736. The van der Waals surface area contributed by atoms with Crippen molar-refractivity contribution in [1.29, 1.82) is 0 Å². The molecule has 4 aromatic rings. The van der Waals surface area contributed by atoms with Crippen LogP contribution in [0.15, 0.2) is 72.9 Å². The van der Waals surface area contributed by atoms with E-state index in [2.05, 4.69) is 5.32 Å². The summed E-state index contributed by atoms with van der Waals surface area (Å²) < 4.78 is 7.44. The molecule has 1 aliphatic heterocycles. The van der Waals surface area contributed by atoms with Gasteiger partial charge in [-0.05, 0) is 23.8 Å². The van der Waals surface area contributed by atoms with Gasteiger partial charge in [0, 0.05) is 54.5 Å². The molecule has 1 aromatic heterocycles. The van der Waals surface area contributed by atoms with Gasteiger partial charge in [0.1, 0.15) is 5.75 Å². The first-order valence-corrected chi connectivity index (χ1v) is 11.8. The van der Waals surface area contributed by atoms with E-state index in [4.69, 9.17) is 9.57 Å². The van der Waals surface area contributed by atoms with Gasteiger partial charge in [0.2, 0.25) is 5.91 Å². The largest absolute Gasteiger partial charge is 0.495 e. The molecule has 0 fully saturated rings. The van der Waals surface area contributed by atoms with Gasteiger partial charge >= 0.3 is 5.69 Å². The molecule has 2 heterocycles. The van der Waals surface area contributed by atoms with E-state index in [9.17, 15) is 14.5 Å². The molecule has 0 aliphatic carbocycles. The molecule has 9 nitrogen and oxygen atoms in total. The molecule has 0 saturated heterocycles. The van der Waals surface area contributed by atoms with Crippen LogP contribution in [0.4, 0.5) is 11.4 Å². The van der Waals surface area contributed by atoms with Crippen molar-refractivity contribution in [1.82, 2.24) is 9.47 Å². The van der Waals surface area contributed by atoms with Gasteiger partial charge in [-0.25, -0.2) is 4.84 Å². The maximum Gasteiger partial charge on any atom is 0.319 e. The summed E-state index contributed by atoms with van der Waals surface area (Å²) in [5.74, 6) is -0.838. The molecule has 1 N–H and O–H groups in total. The minimum absolute atomic E-state index is 0.153. The highest BCUT2D eigenvalue weighted by Crippen LogP contribution is 2.45. The van der Waals surface area contributed by atoms with E-state index < -0.39 is 12.0 Å². The maximum absolute atomic E-state index is 14.1. The maximum atomic E-state index is 14.1. The first kappa shape index (κ1) is 24.1. The van der Waals surface area contributed by atoms with Gasteiger partial charge < -0.3 is 19.5 Å². The van der Waals surface area contributed by atoms with Crippen molar-refractivity contribution in [2.24, 2.45) is 7.05 Å². The van der Waals surface area contributed by atoms with E-state index in [1.54, 1.807) is 30.1 Å². The number of nitrogens with zero attached hydrogens (tertiary/aromatic N) is 3. The quantitative estimate of drug-likeness (QED) is 0.388. The van der Waals surface area contributed by atoms with Crippen molar-refractivity contribution in [3.8, 4) is 5.75 Å². The fourth-order valence-electron chi connectivity index (χ4n) is 5.18. The molecule has 3 aromatic carbocycles. The molecule has 5 rings (SSSR count). The molecule has 37 heavy (non-hydrogen) atoms. The standard InChI is InChI=1S/C28H26N4O5/c1-30-16-21(18-9-7-8-12-23(18)30)26-25(19-10-5-6-11-20(19)28(34)31(26)2)27(33)29-22-15-17(32(35)37-4)13-14-24(22)36-3/h5-16,25-26H,1-4H3/p+1. The molecule has 0 bridgehead atoms. The monoisotopic (exact) mass is 499 g/mol. The second-order valence-corrected chi connectivity index (χ2v) is 8.95. The summed E-state index contributed by atoms with van der Waals surface area (Å²) in [6.07, 6.45) is 1.97. The number of benzene rings is 3. The van der Waals surface area contributed by atoms with Gasteiger partial charge in [0.25, 0.3) is 10.8 Å². The molecule has 2 atom stereocenters. The zero-order valence-corrected chi connectivity index (χ0v) is 21.0. The van der Waals surface area contributed by atoms with Crippen molar-refractivity contribution >= 4 is 34.1 Å². The summed E-state index contributed by atoms with van der Waals surface area (Å²) in [5, 5.41) is 3.92. The average Bonchev–Trinajstić information content (AvgIpc) is 3.25. The number of ether oxygens (including phenoxy) is 1. The Morgan fingerprint density at radius 3 is 2.46 bits per heavy atom. The van der Waals surface area contributed by atoms with Crippen LogP contribution in [0.25, 0.3) is 10.9 Å². The van der Waals surface area contributed by atoms with Gasteiger partial charge in [0.05, 0.1) is 29.7 Å². The number of amides is 2. The van der Waals surface area contributed by atoms with Crippen LogP contribution in [0, 0.1) is 4.91 Å². The zero-order chi connectivity index (χ0) is 26.3. The fourth-order valence-corrected chi connectivity index (χ4v) is 5.18. The summed E-state index contributed by atoms with van der Waals surface area (Å²) in [5.41, 5.74) is 3.50. The van der Waals surface area contributed by atoms with Gasteiger partial charge in [-0.3, -0.25) is 9.59 Å². The number of para-hydroxylation sites is 1. The van der Waals surface area contributed by atoms with E-state index in [0.29, 0.717) is 27.5 Å². The summed E-state index contributed by atoms with van der Waals surface area (Å²) in [6, 6.07) is 19.1. The molecule has 2 amide bonds.